The lowest BCUT2D eigenvalue weighted by atomic mass is 10.2. The van der Waals surface area contributed by atoms with Crippen LogP contribution in [0.1, 0.15) is 27.3 Å². The van der Waals surface area contributed by atoms with Crippen LogP contribution in [0.25, 0.3) is 16.9 Å². The summed E-state index contributed by atoms with van der Waals surface area (Å²) in [7, 11) is 1.82. The molecular weight excluding hydrogens is 425 g/mol. The molecule has 4 heterocycles. The number of hydrogen-bond acceptors (Lipinski definition) is 6. The van der Waals surface area contributed by atoms with E-state index in [-0.39, 0.29) is 11.4 Å². The summed E-state index contributed by atoms with van der Waals surface area (Å²) in [6.07, 6.45) is 1.13. The van der Waals surface area contributed by atoms with Gasteiger partial charge in [0.1, 0.15) is 11.5 Å². The standard InChI is InChI=1S/C20H17F3N8O/c1-11-17(31-10-16(28-29-31)15-9-26-30(3)12(15)2)6-13(8-25-11)19(32)27-18-7-14(4-5-24-18)20(21,22)23/h4-10H,1-3H3,(H,24,27,32). The Morgan fingerprint density at radius 3 is 2.59 bits per heavy atom. The zero-order valence-electron chi connectivity index (χ0n) is 17.2. The highest BCUT2D eigenvalue weighted by molar-refractivity contribution is 6.04. The van der Waals surface area contributed by atoms with Gasteiger partial charge in [-0.1, -0.05) is 5.21 Å². The van der Waals surface area contributed by atoms with Crippen molar-refractivity contribution in [2.75, 3.05) is 5.32 Å². The molecule has 0 aliphatic heterocycles. The first-order valence-electron chi connectivity index (χ1n) is 9.36. The SMILES string of the molecule is Cc1ncc(C(=O)Nc2cc(C(F)(F)F)ccn2)cc1-n1cc(-c2cnn(C)c2C)nn1. The summed E-state index contributed by atoms with van der Waals surface area (Å²) >= 11 is 0. The summed E-state index contributed by atoms with van der Waals surface area (Å²) in [6.45, 7) is 3.64. The van der Waals surface area contributed by atoms with Crippen molar-refractivity contribution in [1.29, 1.82) is 0 Å². The molecule has 32 heavy (non-hydrogen) atoms. The molecule has 0 bridgehead atoms. The van der Waals surface area contributed by atoms with Crippen LogP contribution >= 0.6 is 0 Å². The molecule has 164 valence electrons. The number of halogens is 3. The number of pyridine rings is 2. The van der Waals surface area contributed by atoms with E-state index >= 15 is 0 Å². The zero-order valence-corrected chi connectivity index (χ0v) is 17.2. The monoisotopic (exact) mass is 442 g/mol. The zero-order chi connectivity index (χ0) is 23.0. The van der Waals surface area contributed by atoms with Gasteiger partial charge in [-0.15, -0.1) is 5.10 Å². The lowest BCUT2D eigenvalue weighted by Gasteiger charge is -2.10. The molecule has 12 heteroatoms. The maximum Gasteiger partial charge on any atom is 0.416 e. The third-order valence-electron chi connectivity index (χ3n) is 4.90. The third-order valence-corrected chi connectivity index (χ3v) is 4.90. The first-order chi connectivity index (χ1) is 15.1. The summed E-state index contributed by atoms with van der Waals surface area (Å²) in [5.74, 6) is -0.879. The molecule has 0 aromatic carbocycles. The number of hydrogen-bond donors (Lipinski definition) is 1. The van der Waals surface area contributed by atoms with Gasteiger partial charge in [0.15, 0.2) is 0 Å². The predicted octanol–water partition coefficient (Wildman–Crippen LogP) is 3.35. The summed E-state index contributed by atoms with van der Waals surface area (Å²) in [5, 5.41) is 14.8. The van der Waals surface area contributed by atoms with Gasteiger partial charge in [0.05, 0.1) is 34.9 Å². The minimum absolute atomic E-state index is 0.124. The van der Waals surface area contributed by atoms with E-state index in [1.54, 1.807) is 24.0 Å². The highest BCUT2D eigenvalue weighted by Crippen LogP contribution is 2.30. The predicted molar refractivity (Wildman–Crippen MR) is 108 cm³/mol. The molecule has 0 atom stereocenters. The molecule has 1 amide bonds. The molecule has 4 aromatic heterocycles. The molecule has 0 aliphatic carbocycles. The second-order valence-corrected chi connectivity index (χ2v) is 7.03. The van der Waals surface area contributed by atoms with Gasteiger partial charge in [-0.3, -0.25) is 14.5 Å². The maximum atomic E-state index is 12.9. The molecular formula is C20H17F3N8O. The van der Waals surface area contributed by atoms with Crippen LogP contribution in [0, 0.1) is 13.8 Å². The number of aryl methyl sites for hydroxylation is 2. The number of amides is 1. The molecule has 0 aliphatic rings. The van der Waals surface area contributed by atoms with Crippen molar-refractivity contribution in [1.82, 2.24) is 34.7 Å². The van der Waals surface area contributed by atoms with Crippen LogP contribution < -0.4 is 5.32 Å². The number of alkyl halides is 3. The molecule has 9 nitrogen and oxygen atoms in total. The van der Waals surface area contributed by atoms with Gasteiger partial charge in [0, 0.05) is 30.7 Å². The van der Waals surface area contributed by atoms with E-state index in [0.717, 1.165) is 29.6 Å². The maximum absolute atomic E-state index is 12.9. The Balaban J connectivity index is 1.61. The number of carbonyl (C=O) groups excluding carboxylic acids is 1. The molecule has 0 unspecified atom stereocenters. The fourth-order valence-corrected chi connectivity index (χ4v) is 3.00. The Hall–Kier alpha value is -4.09. The van der Waals surface area contributed by atoms with Gasteiger partial charge in [0.25, 0.3) is 5.91 Å². The molecule has 0 saturated heterocycles. The molecule has 0 saturated carbocycles. The average molecular weight is 442 g/mol. The Bertz CT molecular complexity index is 1310. The van der Waals surface area contributed by atoms with Crippen LogP contribution in [-0.4, -0.2) is 40.6 Å². The van der Waals surface area contributed by atoms with E-state index in [9.17, 15) is 18.0 Å². The third kappa shape index (κ3) is 4.06. The van der Waals surface area contributed by atoms with E-state index < -0.39 is 17.6 Å². The van der Waals surface area contributed by atoms with E-state index in [0.29, 0.717) is 17.1 Å². The van der Waals surface area contributed by atoms with Crippen molar-refractivity contribution < 1.29 is 18.0 Å². The van der Waals surface area contributed by atoms with Crippen molar-refractivity contribution in [3.63, 3.8) is 0 Å². The Morgan fingerprint density at radius 1 is 1.12 bits per heavy atom. The normalized spacial score (nSPS) is 11.6. The van der Waals surface area contributed by atoms with Gasteiger partial charge in [-0.25, -0.2) is 9.67 Å². The minimum Gasteiger partial charge on any atom is -0.307 e. The Kier molecular flexibility index (Phi) is 5.20. The van der Waals surface area contributed by atoms with Gasteiger partial charge in [-0.05, 0) is 32.0 Å². The highest BCUT2D eigenvalue weighted by atomic mass is 19.4. The van der Waals surface area contributed by atoms with Crippen molar-refractivity contribution in [2.24, 2.45) is 7.05 Å². The van der Waals surface area contributed by atoms with Crippen molar-refractivity contribution >= 4 is 11.7 Å². The van der Waals surface area contributed by atoms with E-state index in [2.05, 4.69) is 30.7 Å². The largest absolute Gasteiger partial charge is 0.416 e. The second kappa shape index (κ2) is 7.87. The number of nitrogens with one attached hydrogen (secondary N) is 1. The Morgan fingerprint density at radius 2 is 1.91 bits per heavy atom. The Labute approximate surface area is 179 Å². The lowest BCUT2D eigenvalue weighted by molar-refractivity contribution is -0.137. The van der Waals surface area contributed by atoms with Crippen molar-refractivity contribution in [3.05, 3.63) is 65.5 Å². The van der Waals surface area contributed by atoms with Crippen molar-refractivity contribution in [2.45, 2.75) is 20.0 Å². The number of aromatic nitrogens is 7. The summed E-state index contributed by atoms with van der Waals surface area (Å²) in [4.78, 5) is 20.6. The number of rotatable bonds is 4. The summed E-state index contributed by atoms with van der Waals surface area (Å²) in [6, 6.07) is 3.12. The second-order valence-electron chi connectivity index (χ2n) is 7.03. The van der Waals surface area contributed by atoms with Crippen molar-refractivity contribution in [3.8, 4) is 16.9 Å². The molecule has 4 aromatic rings. The molecule has 1 N–H and O–H groups in total. The number of carbonyl (C=O) groups is 1. The van der Waals surface area contributed by atoms with Crippen LogP contribution in [0.5, 0.6) is 0 Å². The van der Waals surface area contributed by atoms with Gasteiger partial charge in [-0.2, -0.15) is 18.3 Å². The molecule has 4 rings (SSSR count). The summed E-state index contributed by atoms with van der Waals surface area (Å²) in [5.41, 5.74) is 2.61. The van der Waals surface area contributed by atoms with Gasteiger partial charge < -0.3 is 5.32 Å². The average Bonchev–Trinajstić information content (AvgIpc) is 3.35. The van der Waals surface area contributed by atoms with Crippen LogP contribution in [-0.2, 0) is 13.2 Å². The van der Waals surface area contributed by atoms with Crippen LogP contribution in [0.4, 0.5) is 19.0 Å². The van der Waals surface area contributed by atoms with E-state index in [1.807, 2.05) is 14.0 Å². The summed E-state index contributed by atoms with van der Waals surface area (Å²) < 4.78 is 41.9. The fourth-order valence-electron chi connectivity index (χ4n) is 3.00. The minimum atomic E-state index is -4.54. The lowest BCUT2D eigenvalue weighted by Crippen LogP contribution is -2.15. The number of nitrogens with zero attached hydrogens (tertiary/aromatic N) is 7. The topological polar surface area (TPSA) is 103 Å². The van der Waals surface area contributed by atoms with E-state index in [1.165, 1.54) is 16.9 Å². The van der Waals surface area contributed by atoms with E-state index in [4.69, 9.17) is 0 Å². The van der Waals surface area contributed by atoms with Crippen LogP contribution in [0.3, 0.4) is 0 Å². The smallest absolute Gasteiger partial charge is 0.307 e. The molecule has 0 spiro atoms. The van der Waals surface area contributed by atoms with Gasteiger partial charge >= 0.3 is 6.18 Å². The highest BCUT2D eigenvalue weighted by Gasteiger charge is 2.31. The number of anilines is 1. The first kappa shape index (κ1) is 21.2. The van der Waals surface area contributed by atoms with Crippen LogP contribution in [0.2, 0.25) is 0 Å². The molecule has 0 fully saturated rings. The van der Waals surface area contributed by atoms with Crippen LogP contribution in [0.15, 0.2) is 43.0 Å². The van der Waals surface area contributed by atoms with Gasteiger partial charge in [0.2, 0.25) is 0 Å². The molecule has 0 radical (unpaired) electrons. The first-order valence-corrected chi connectivity index (χ1v) is 9.36. The quantitative estimate of drug-likeness (QED) is 0.520. The fraction of sp³-hybridized carbons (Fsp3) is 0.200.